The second-order valence-electron chi connectivity index (χ2n) is 5.67. The van der Waals surface area contributed by atoms with Crippen molar-refractivity contribution in [1.29, 1.82) is 0 Å². The van der Waals surface area contributed by atoms with E-state index in [-0.39, 0.29) is 11.7 Å². The van der Waals surface area contributed by atoms with E-state index in [2.05, 4.69) is 20.5 Å². The summed E-state index contributed by atoms with van der Waals surface area (Å²) in [7, 11) is 0. The molecule has 0 radical (unpaired) electrons. The minimum atomic E-state index is -0.227. The molecule has 1 atom stereocenters. The Hall–Kier alpha value is -2.83. The summed E-state index contributed by atoms with van der Waals surface area (Å²) >= 11 is 0. The third-order valence-corrected chi connectivity index (χ3v) is 3.57. The van der Waals surface area contributed by atoms with Gasteiger partial charge in [0.1, 0.15) is 17.6 Å². The normalized spacial score (nSPS) is 16.0. The average Bonchev–Trinajstić information content (AvgIpc) is 2.85. The number of anilines is 1. The van der Waals surface area contributed by atoms with E-state index in [0.717, 1.165) is 29.0 Å². The number of fused-ring (bicyclic) bond motifs is 1. The van der Waals surface area contributed by atoms with Crippen LogP contribution in [0.1, 0.15) is 30.7 Å². The lowest BCUT2D eigenvalue weighted by Crippen LogP contribution is -2.10. The van der Waals surface area contributed by atoms with Crippen LogP contribution in [0.3, 0.4) is 0 Å². The molecule has 0 spiro atoms. The van der Waals surface area contributed by atoms with Gasteiger partial charge in [0.25, 0.3) is 5.56 Å². The van der Waals surface area contributed by atoms with Crippen LogP contribution in [0.15, 0.2) is 28.1 Å². The van der Waals surface area contributed by atoms with Crippen molar-refractivity contribution >= 4 is 12.2 Å². The van der Waals surface area contributed by atoms with Crippen molar-refractivity contribution < 1.29 is 9.47 Å². The summed E-state index contributed by atoms with van der Waals surface area (Å²) in [6.07, 6.45) is 2.67. The van der Waals surface area contributed by atoms with Gasteiger partial charge >= 0.3 is 0 Å². The zero-order chi connectivity index (χ0) is 17.1. The fourth-order valence-corrected chi connectivity index (χ4v) is 2.63. The van der Waals surface area contributed by atoms with Crippen LogP contribution < -0.4 is 20.5 Å². The smallest absolute Gasteiger partial charge is 0.252 e. The lowest BCUT2D eigenvalue weighted by atomic mass is 10.1. The van der Waals surface area contributed by atoms with E-state index in [4.69, 9.17) is 9.47 Å². The molecule has 2 aromatic rings. The molecule has 2 heterocycles. The first-order valence-corrected chi connectivity index (χ1v) is 7.88. The number of hydrazone groups is 1. The highest BCUT2D eigenvalue weighted by Gasteiger charge is 2.21. The number of rotatable bonds is 5. The highest BCUT2D eigenvalue weighted by molar-refractivity contribution is 5.85. The summed E-state index contributed by atoms with van der Waals surface area (Å²) in [6.45, 7) is 6.29. The number of hydrogen-bond acceptors (Lipinski definition) is 6. The van der Waals surface area contributed by atoms with E-state index >= 15 is 0 Å². The number of aromatic nitrogens is 2. The van der Waals surface area contributed by atoms with Crippen molar-refractivity contribution in [3.63, 3.8) is 0 Å². The topological polar surface area (TPSA) is 88.6 Å². The first-order chi connectivity index (χ1) is 11.5. The van der Waals surface area contributed by atoms with Gasteiger partial charge in [-0.25, -0.2) is 10.4 Å². The van der Waals surface area contributed by atoms with Crippen molar-refractivity contribution in [2.75, 3.05) is 12.0 Å². The molecular formula is C17H20N4O3. The number of aromatic amines is 1. The molecule has 0 amide bonds. The van der Waals surface area contributed by atoms with E-state index in [0.29, 0.717) is 18.2 Å². The predicted molar refractivity (Wildman–Crippen MR) is 92.2 cm³/mol. The molecule has 1 aliphatic heterocycles. The fourth-order valence-electron chi connectivity index (χ4n) is 2.63. The van der Waals surface area contributed by atoms with Crippen LogP contribution >= 0.6 is 0 Å². The number of H-pyrrole nitrogens is 1. The van der Waals surface area contributed by atoms with Gasteiger partial charge in [0, 0.05) is 29.3 Å². The van der Waals surface area contributed by atoms with E-state index < -0.39 is 0 Å². The third-order valence-electron chi connectivity index (χ3n) is 3.57. The average molecular weight is 328 g/mol. The Balaban J connectivity index is 1.83. The van der Waals surface area contributed by atoms with Crippen molar-refractivity contribution in [3.8, 4) is 11.5 Å². The van der Waals surface area contributed by atoms with Crippen molar-refractivity contribution in [1.82, 2.24) is 9.97 Å². The Kier molecular flexibility index (Phi) is 4.50. The monoisotopic (exact) mass is 328 g/mol. The minimum absolute atomic E-state index is 0.168. The number of benzene rings is 1. The number of hydrogen-bond donors (Lipinski definition) is 2. The highest BCUT2D eigenvalue weighted by atomic mass is 16.5. The molecule has 1 aromatic carbocycles. The van der Waals surface area contributed by atoms with Crippen LogP contribution in [0.25, 0.3) is 0 Å². The van der Waals surface area contributed by atoms with Gasteiger partial charge in [0.15, 0.2) is 0 Å². The Morgan fingerprint density at radius 3 is 3.08 bits per heavy atom. The maximum absolute atomic E-state index is 11.4. The van der Waals surface area contributed by atoms with Gasteiger partial charge in [0.05, 0.1) is 12.8 Å². The summed E-state index contributed by atoms with van der Waals surface area (Å²) in [4.78, 5) is 18.1. The molecule has 126 valence electrons. The highest BCUT2D eigenvalue weighted by Crippen LogP contribution is 2.34. The molecule has 0 saturated heterocycles. The molecule has 0 aliphatic carbocycles. The minimum Gasteiger partial charge on any atom is -0.493 e. The SMILES string of the molecule is CCOc1cc2c(cc1/C=N\Nc1nc(C)cc(=O)[nH]1)O[C@@H](C)C2. The van der Waals surface area contributed by atoms with Crippen LogP contribution in [-0.4, -0.2) is 28.9 Å². The molecular weight excluding hydrogens is 308 g/mol. The van der Waals surface area contributed by atoms with E-state index in [1.165, 1.54) is 6.07 Å². The standard InChI is InChI=1S/C17H20N4O3/c1-4-23-14-7-12-6-11(3)24-15(12)8-13(14)9-18-21-17-19-10(2)5-16(22)20-17/h5,7-9,11H,4,6H2,1-3H3,(H2,19,20,21,22)/b18-9-/t11-/m0/s1. The molecule has 1 aromatic heterocycles. The van der Waals surface area contributed by atoms with Gasteiger partial charge in [-0.05, 0) is 32.9 Å². The van der Waals surface area contributed by atoms with Crippen LogP contribution in [0, 0.1) is 6.92 Å². The first kappa shape index (κ1) is 16.0. The summed E-state index contributed by atoms with van der Waals surface area (Å²) in [5, 5.41) is 4.14. The maximum Gasteiger partial charge on any atom is 0.252 e. The second-order valence-corrected chi connectivity index (χ2v) is 5.67. The van der Waals surface area contributed by atoms with E-state index in [1.807, 2.05) is 26.0 Å². The first-order valence-electron chi connectivity index (χ1n) is 7.88. The number of ether oxygens (including phenoxy) is 2. The largest absolute Gasteiger partial charge is 0.493 e. The van der Waals surface area contributed by atoms with Crippen molar-refractivity contribution in [3.05, 3.63) is 45.4 Å². The molecule has 0 bridgehead atoms. The number of aryl methyl sites for hydroxylation is 1. The summed E-state index contributed by atoms with van der Waals surface area (Å²) < 4.78 is 11.5. The van der Waals surface area contributed by atoms with Gasteiger partial charge in [-0.3, -0.25) is 9.78 Å². The molecule has 0 saturated carbocycles. The zero-order valence-electron chi connectivity index (χ0n) is 13.9. The molecule has 0 unspecified atom stereocenters. The molecule has 3 rings (SSSR count). The fraction of sp³-hybridized carbons (Fsp3) is 0.353. The zero-order valence-corrected chi connectivity index (χ0v) is 13.9. The lowest BCUT2D eigenvalue weighted by molar-refractivity contribution is 0.254. The summed E-state index contributed by atoms with van der Waals surface area (Å²) in [5.41, 5.74) is 5.06. The Labute approximate surface area is 139 Å². The summed E-state index contributed by atoms with van der Waals surface area (Å²) in [6, 6.07) is 5.33. The molecule has 7 heteroatoms. The van der Waals surface area contributed by atoms with Crippen molar-refractivity contribution in [2.45, 2.75) is 33.3 Å². The molecule has 0 fully saturated rings. The van der Waals surface area contributed by atoms with Gasteiger partial charge in [-0.15, -0.1) is 0 Å². The van der Waals surface area contributed by atoms with Crippen LogP contribution in [0.5, 0.6) is 11.5 Å². The quantitative estimate of drug-likeness (QED) is 0.649. The lowest BCUT2D eigenvalue weighted by Gasteiger charge is -2.09. The van der Waals surface area contributed by atoms with Crippen LogP contribution in [0.2, 0.25) is 0 Å². The molecule has 2 N–H and O–H groups in total. The molecule has 7 nitrogen and oxygen atoms in total. The maximum atomic E-state index is 11.4. The second kappa shape index (κ2) is 6.74. The third kappa shape index (κ3) is 3.56. The van der Waals surface area contributed by atoms with Gasteiger partial charge in [-0.1, -0.05) is 0 Å². The van der Waals surface area contributed by atoms with Gasteiger partial charge < -0.3 is 9.47 Å². The van der Waals surface area contributed by atoms with Crippen molar-refractivity contribution in [2.24, 2.45) is 5.10 Å². The van der Waals surface area contributed by atoms with E-state index in [9.17, 15) is 4.79 Å². The van der Waals surface area contributed by atoms with Crippen LogP contribution in [-0.2, 0) is 6.42 Å². The molecule has 1 aliphatic rings. The number of nitrogens with zero attached hydrogens (tertiary/aromatic N) is 2. The Bertz CT molecular complexity index is 829. The number of nitrogens with one attached hydrogen (secondary N) is 2. The van der Waals surface area contributed by atoms with Crippen LogP contribution in [0.4, 0.5) is 5.95 Å². The predicted octanol–water partition coefficient (Wildman–Crippen LogP) is 2.25. The Morgan fingerprint density at radius 1 is 1.50 bits per heavy atom. The Morgan fingerprint density at radius 2 is 2.33 bits per heavy atom. The van der Waals surface area contributed by atoms with Gasteiger partial charge in [0.2, 0.25) is 5.95 Å². The molecule has 24 heavy (non-hydrogen) atoms. The van der Waals surface area contributed by atoms with E-state index in [1.54, 1.807) is 13.1 Å². The van der Waals surface area contributed by atoms with Gasteiger partial charge in [-0.2, -0.15) is 5.10 Å². The summed E-state index contributed by atoms with van der Waals surface area (Å²) in [5.74, 6) is 1.90.